The number of aromatic nitrogens is 2. The van der Waals surface area contributed by atoms with E-state index in [1.54, 1.807) is 0 Å². The summed E-state index contributed by atoms with van der Waals surface area (Å²) in [6.45, 7) is 0.817. The van der Waals surface area contributed by atoms with Crippen LogP contribution >= 0.6 is 0 Å². The van der Waals surface area contributed by atoms with E-state index < -0.39 is 0 Å². The van der Waals surface area contributed by atoms with Crippen molar-refractivity contribution in [1.29, 1.82) is 0 Å². The minimum atomic E-state index is 0.202. The first-order valence-corrected chi connectivity index (χ1v) is 6.66. The van der Waals surface area contributed by atoms with Gasteiger partial charge in [0, 0.05) is 0 Å². The zero-order valence-corrected chi connectivity index (χ0v) is 11.4. The van der Waals surface area contributed by atoms with Crippen LogP contribution in [-0.2, 0) is 0 Å². The summed E-state index contributed by atoms with van der Waals surface area (Å²) in [7, 11) is 0. The number of benzene rings is 2. The Morgan fingerprint density at radius 3 is 2.38 bits per heavy atom. The molecule has 0 unspecified atom stereocenters. The van der Waals surface area contributed by atoms with Gasteiger partial charge in [0.05, 0.1) is 10.9 Å². The van der Waals surface area contributed by atoms with E-state index >= 15 is 0 Å². The molecule has 2 N–H and O–H groups in total. The average Bonchev–Trinajstić information content (AvgIpc) is 2.52. The quantitative estimate of drug-likeness (QED) is 0.728. The van der Waals surface area contributed by atoms with Gasteiger partial charge in [-0.2, -0.15) is 4.98 Å². The number of nitrogen functional groups attached to an aromatic ring is 1. The van der Waals surface area contributed by atoms with Gasteiger partial charge in [-0.1, -0.05) is 30.3 Å². The monoisotopic (exact) mass is 281 g/mol. The van der Waals surface area contributed by atoms with E-state index in [-0.39, 0.29) is 5.95 Å². The molecule has 0 atom stereocenters. The first-order valence-electron chi connectivity index (χ1n) is 6.66. The Hall–Kier alpha value is -2.82. The summed E-state index contributed by atoms with van der Waals surface area (Å²) in [5.41, 5.74) is 6.45. The molecule has 0 fully saturated rings. The number of anilines is 1. The van der Waals surface area contributed by atoms with Gasteiger partial charge in [0.15, 0.2) is 0 Å². The summed E-state index contributed by atoms with van der Waals surface area (Å²) in [5, 5.41) is 0.839. The van der Waals surface area contributed by atoms with Crippen molar-refractivity contribution < 1.29 is 9.47 Å². The van der Waals surface area contributed by atoms with Gasteiger partial charge in [-0.3, -0.25) is 0 Å². The molecule has 0 amide bonds. The first kappa shape index (κ1) is 13.2. The third-order valence-corrected chi connectivity index (χ3v) is 2.92. The third-order valence-electron chi connectivity index (χ3n) is 2.92. The van der Waals surface area contributed by atoms with Crippen molar-refractivity contribution >= 4 is 16.9 Å². The van der Waals surface area contributed by atoms with Crippen LogP contribution in [0.5, 0.6) is 11.6 Å². The normalized spacial score (nSPS) is 10.5. The van der Waals surface area contributed by atoms with Gasteiger partial charge in [0.1, 0.15) is 19.0 Å². The molecule has 0 radical (unpaired) electrons. The van der Waals surface area contributed by atoms with Crippen LogP contribution in [0.2, 0.25) is 0 Å². The molecule has 0 saturated carbocycles. The summed E-state index contributed by atoms with van der Waals surface area (Å²) < 4.78 is 11.2. The van der Waals surface area contributed by atoms with Crippen LogP contribution in [-0.4, -0.2) is 23.2 Å². The highest BCUT2D eigenvalue weighted by atomic mass is 16.5. The predicted molar refractivity (Wildman–Crippen MR) is 81.4 cm³/mol. The molecule has 21 heavy (non-hydrogen) atoms. The minimum absolute atomic E-state index is 0.202. The topological polar surface area (TPSA) is 70.3 Å². The highest BCUT2D eigenvalue weighted by molar-refractivity contribution is 5.84. The lowest BCUT2D eigenvalue weighted by Gasteiger charge is -2.09. The van der Waals surface area contributed by atoms with Crippen molar-refractivity contribution in [2.45, 2.75) is 0 Å². The van der Waals surface area contributed by atoms with E-state index in [1.807, 2.05) is 54.6 Å². The summed E-state index contributed by atoms with van der Waals surface area (Å²) in [4.78, 5) is 8.30. The number of fused-ring (bicyclic) bond motifs is 1. The largest absolute Gasteiger partial charge is 0.490 e. The number of nitrogens with zero attached hydrogens (tertiary/aromatic N) is 2. The summed E-state index contributed by atoms with van der Waals surface area (Å²) in [6, 6.07) is 17.2. The standard InChI is InChI=1S/C16H15N3O2/c17-16-18-14-9-5-4-8-13(14)15(19-16)21-11-10-20-12-6-2-1-3-7-12/h1-9H,10-11H2,(H2,17,18,19). The molecule has 0 aliphatic carbocycles. The molecule has 1 heterocycles. The van der Waals surface area contributed by atoms with E-state index in [9.17, 15) is 0 Å². The molecule has 3 rings (SSSR count). The molecule has 5 heteroatoms. The molecule has 2 aromatic carbocycles. The van der Waals surface area contributed by atoms with Gasteiger partial charge in [0.25, 0.3) is 0 Å². The van der Waals surface area contributed by atoms with Crippen molar-refractivity contribution in [3.8, 4) is 11.6 Å². The first-order chi connectivity index (χ1) is 10.3. The van der Waals surface area contributed by atoms with E-state index in [0.29, 0.717) is 19.1 Å². The van der Waals surface area contributed by atoms with Crippen molar-refractivity contribution in [3.63, 3.8) is 0 Å². The van der Waals surface area contributed by atoms with Crippen molar-refractivity contribution in [1.82, 2.24) is 9.97 Å². The van der Waals surface area contributed by atoms with Gasteiger partial charge in [-0.25, -0.2) is 4.98 Å². The van der Waals surface area contributed by atoms with Crippen molar-refractivity contribution in [2.24, 2.45) is 0 Å². The highest BCUT2D eigenvalue weighted by Crippen LogP contribution is 2.22. The molecule has 0 saturated heterocycles. The molecule has 0 aliphatic rings. The summed E-state index contributed by atoms with van der Waals surface area (Å²) in [6.07, 6.45) is 0. The van der Waals surface area contributed by atoms with Gasteiger partial charge in [-0.15, -0.1) is 0 Å². The zero-order valence-electron chi connectivity index (χ0n) is 11.4. The molecule has 1 aromatic heterocycles. The third kappa shape index (κ3) is 3.20. The van der Waals surface area contributed by atoms with Crippen molar-refractivity contribution in [2.75, 3.05) is 18.9 Å². The van der Waals surface area contributed by atoms with Crippen LogP contribution in [0.4, 0.5) is 5.95 Å². The fourth-order valence-corrected chi connectivity index (χ4v) is 1.99. The summed E-state index contributed by atoms with van der Waals surface area (Å²) in [5.74, 6) is 1.50. The smallest absolute Gasteiger partial charge is 0.226 e. The van der Waals surface area contributed by atoms with E-state index in [2.05, 4.69) is 9.97 Å². The lowest BCUT2D eigenvalue weighted by molar-refractivity contribution is 0.214. The molecule has 0 aliphatic heterocycles. The van der Waals surface area contributed by atoms with Gasteiger partial charge >= 0.3 is 0 Å². The second-order valence-electron chi connectivity index (χ2n) is 4.41. The minimum Gasteiger partial charge on any atom is -0.490 e. The van der Waals surface area contributed by atoms with Crippen LogP contribution in [0.15, 0.2) is 54.6 Å². The predicted octanol–water partition coefficient (Wildman–Crippen LogP) is 2.67. The van der Waals surface area contributed by atoms with E-state index in [0.717, 1.165) is 16.7 Å². The number of rotatable bonds is 5. The van der Waals surface area contributed by atoms with Crippen LogP contribution in [0.25, 0.3) is 10.9 Å². The van der Waals surface area contributed by atoms with Crippen LogP contribution < -0.4 is 15.2 Å². The lowest BCUT2D eigenvalue weighted by atomic mass is 10.2. The Kier molecular flexibility index (Phi) is 3.82. The number of hydrogen-bond donors (Lipinski definition) is 1. The molecular formula is C16H15N3O2. The zero-order chi connectivity index (χ0) is 14.5. The molecule has 0 bridgehead atoms. The van der Waals surface area contributed by atoms with E-state index in [4.69, 9.17) is 15.2 Å². The van der Waals surface area contributed by atoms with Gasteiger partial charge < -0.3 is 15.2 Å². The maximum Gasteiger partial charge on any atom is 0.226 e. The number of ether oxygens (including phenoxy) is 2. The van der Waals surface area contributed by atoms with Gasteiger partial charge in [-0.05, 0) is 24.3 Å². The highest BCUT2D eigenvalue weighted by Gasteiger charge is 2.06. The van der Waals surface area contributed by atoms with E-state index in [1.165, 1.54) is 0 Å². The number of nitrogens with two attached hydrogens (primary N) is 1. The van der Waals surface area contributed by atoms with Crippen LogP contribution in [0, 0.1) is 0 Å². The fourth-order valence-electron chi connectivity index (χ4n) is 1.99. The SMILES string of the molecule is Nc1nc(OCCOc2ccccc2)c2ccccc2n1. The number of para-hydroxylation sites is 2. The Morgan fingerprint density at radius 1 is 0.810 bits per heavy atom. The van der Waals surface area contributed by atoms with Crippen LogP contribution in [0.3, 0.4) is 0 Å². The molecule has 106 valence electrons. The van der Waals surface area contributed by atoms with Crippen LogP contribution in [0.1, 0.15) is 0 Å². The maximum atomic E-state index is 5.69. The second kappa shape index (κ2) is 6.09. The molecule has 0 spiro atoms. The molecule has 3 aromatic rings. The second-order valence-corrected chi connectivity index (χ2v) is 4.41. The Labute approximate surface area is 122 Å². The maximum absolute atomic E-state index is 5.69. The molecular weight excluding hydrogens is 266 g/mol. The fraction of sp³-hybridized carbons (Fsp3) is 0.125. The number of hydrogen-bond acceptors (Lipinski definition) is 5. The lowest BCUT2D eigenvalue weighted by Crippen LogP contribution is -2.10. The Balaban J connectivity index is 1.65. The Morgan fingerprint density at radius 2 is 1.52 bits per heavy atom. The summed E-state index contributed by atoms with van der Waals surface area (Å²) >= 11 is 0. The van der Waals surface area contributed by atoms with Gasteiger partial charge in [0.2, 0.25) is 11.8 Å². The average molecular weight is 281 g/mol. The van der Waals surface area contributed by atoms with Crippen molar-refractivity contribution in [3.05, 3.63) is 54.6 Å². The Bertz CT molecular complexity index is 732. The molecule has 5 nitrogen and oxygen atoms in total.